The zero-order chi connectivity index (χ0) is 23.5. The first-order valence-electron chi connectivity index (χ1n) is 10.6. The van der Waals surface area contributed by atoms with E-state index in [1.165, 1.54) is 29.2 Å². The number of rotatable bonds is 7. The predicted molar refractivity (Wildman–Crippen MR) is 132 cm³/mol. The fourth-order valence-corrected chi connectivity index (χ4v) is 5.18. The number of carbonyl (C=O) groups excluding carboxylic acids is 3. The van der Waals surface area contributed by atoms with Crippen LogP contribution in [-0.4, -0.2) is 40.0 Å². The van der Waals surface area contributed by atoms with E-state index in [2.05, 4.69) is 12.2 Å². The summed E-state index contributed by atoms with van der Waals surface area (Å²) in [5, 5.41) is 2.67. The summed E-state index contributed by atoms with van der Waals surface area (Å²) in [7, 11) is 0. The number of para-hydroxylation sites is 1. The van der Waals surface area contributed by atoms with Crippen LogP contribution < -0.4 is 10.2 Å². The summed E-state index contributed by atoms with van der Waals surface area (Å²) < 4.78 is 13.6. The number of halogens is 1. The van der Waals surface area contributed by atoms with Crippen molar-refractivity contribution in [1.82, 2.24) is 4.90 Å². The van der Waals surface area contributed by atoms with Crippen molar-refractivity contribution in [2.24, 2.45) is 0 Å². The van der Waals surface area contributed by atoms with Gasteiger partial charge in [0.1, 0.15) is 16.7 Å². The van der Waals surface area contributed by atoms with Crippen LogP contribution >= 0.6 is 24.0 Å². The van der Waals surface area contributed by atoms with Crippen LogP contribution in [0.5, 0.6) is 0 Å². The van der Waals surface area contributed by atoms with Gasteiger partial charge in [0.25, 0.3) is 11.8 Å². The molecular formula is C24H22FN3O3S2. The number of hydrogen-bond donors (Lipinski definition) is 1. The molecule has 0 aromatic heterocycles. The molecule has 3 amide bonds. The SMILES string of the molecule is CCCCCN1C(=O)C(=C2C(=O)N(CC(=O)Nc3ccc(F)cc3)c3ccccc32)SC1=S. The molecule has 0 bridgehead atoms. The first-order chi connectivity index (χ1) is 15.9. The monoisotopic (exact) mass is 483 g/mol. The Morgan fingerprint density at radius 2 is 1.76 bits per heavy atom. The number of carbonyl (C=O) groups is 3. The zero-order valence-electron chi connectivity index (χ0n) is 18.0. The third kappa shape index (κ3) is 4.69. The van der Waals surface area contributed by atoms with E-state index in [9.17, 15) is 18.8 Å². The van der Waals surface area contributed by atoms with Gasteiger partial charge in [0.15, 0.2) is 0 Å². The molecule has 0 atom stereocenters. The number of thiocarbonyl (C=S) groups is 1. The van der Waals surface area contributed by atoms with Crippen LogP contribution in [0.3, 0.4) is 0 Å². The van der Waals surface area contributed by atoms with Gasteiger partial charge in [-0.15, -0.1) is 0 Å². The Morgan fingerprint density at radius 1 is 1.03 bits per heavy atom. The van der Waals surface area contributed by atoms with Gasteiger partial charge < -0.3 is 5.32 Å². The van der Waals surface area contributed by atoms with Gasteiger partial charge in [-0.3, -0.25) is 24.2 Å². The van der Waals surface area contributed by atoms with Crippen LogP contribution in [0.15, 0.2) is 53.4 Å². The number of hydrogen-bond acceptors (Lipinski definition) is 5. The van der Waals surface area contributed by atoms with Gasteiger partial charge in [0, 0.05) is 17.8 Å². The van der Waals surface area contributed by atoms with E-state index in [-0.39, 0.29) is 18.0 Å². The van der Waals surface area contributed by atoms with E-state index >= 15 is 0 Å². The lowest BCUT2D eigenvalue weighted by atomic mass is 10.1. The van der Waals surface area contributed by atoms with Crippen molar-refractivity contribution in [1.29, 1.82) is 0 Å². The molecule has 2 aromatic carbocycles. The van der Waals surface area contributed by atoms with Gasteiger partial charge in [-0.05, 0) is 36.8 Å². The predicted octanol–water partition coefficient (Wildman–Crippen LogP) is 4.57. The number of nitrogens with one attached hydrogen (secondary N) is 1. The third-order valence-corrected chi connectivity index (χ3v) is 6.86. The van der Waals surface area contributed by atoms with Crippen molar-refractivity contribution in [2.45, 2.75) is 26.2 Å². The molecule has 0 radical (unpaired) electrons. The molecule has 1 saturated heterocycles. The van der Waals surface area contributed by atoms with Crippen LogP contribution in [0.4, 0.5) is 15.8 Å². The summed E-state index contributed by atoms with van der Waals surface area (Å²) in [6.45, 7) is 2.36. The average Bonchev–Trinajstić information content (AvgIpc) is 3.23. The molecule has 0 saturated carbocycles. The van der Waals surface area contributed by atoms with E-state index in [1.807, 2.05) is 0 Å². The van der Waals surface area contributed by atoms with Crippen LogP contribution in [0, 0.1) is 5.82 Å². The second-order valence-electron chi connectivity index (χ2n) is 7.70. The Bertz CT molecular complexity index is 1160. The number of fused-ring (bicyclic) bond motifs is 1. The Hall–Kier alpha value is -3.04. The lowest BCUT2D eigenvalue weighted by molar-refractivity contribution is -0.122. The molecule has 1 fully saturated rings. The first kappa shape index (κ1) is 23.1. The standard InChI is InChI=1S/C24H22FN3O3S2/c1-2-3-6-13-27-23(31)21(33-24(27)32)20-17-7-4-5-8-18(17)28(22(20)30)14-19(29)26-16-11-9-15(25)10-12-16/h4-5,7-12H,2-3,6,13-14H2,1H3,(H,26,29). The van der Waals surface area contributed by atoms with Crippen molar-refractivity contribution in [2.75, 3.05) is 23.3 Å². The summed E-state index contributed by atoms with van der Waals surface area (Å²) in [5.74, 6) is -1.53. The summed E-state index contributed by atoms with van der Waals surface area (Å²) in [6.07, 6.45) is 2.85. The molecule has 2 aliphatic heterocycles. The molecular weight excluding hydrogens is 461 g/mol. The van der Waals surface area contributed by atoms with Gasteiger partial charge in [0.2, 0.25) is 5.91 Å². The summed E-state index contributed by atoms with van der Waals surface area (Å²) in [6, 6.07) is 12.5. The lowest BCUT2D eigenvalue weighted by Crippen LogP contribution is -2.35. The maximum atomic E-state index is 13.4. The van der Waals surface area contributed by atoms with Crippen LogP contribution in [0.2, 0.25) is 0 Å². The molecule has 1 N–H and O–H groups in total. The van der Waals surface area contributed by atoms with Crippen molar-refractivity contribution in [3.63, 3.8) is 0 Å². The summed E-state index contributed by atoms with van der Waals surface area (Å²) in [4.78, 5) is 42.4. The van der Waals surface area contributed by atoms with Gasteiger partial charge >= 0.3 is 0 Å². The molecule has 4 rings (SSSR count). The molecule has 0 aliphatic carbocycles. The lowest BCUT2D eigenvalue weighted by Gasteiger charge is -2.17. The number of benzene rings is 2. The number of nitrogens with zero attached hydrogens (tertiary/aromatic N) is 2. The van der Waals surface area contributed by atoms with Crippen molar-refractivity contribution < 1.29 is 18.8 Å². The minimum absolute atomic E-state index is 0.243. The van der Waals surface area contributed by atoms with E-state index in [1.54, 1.807) is 29.2 Å². The second kappa shape index (κ2) is 9.84. The molecule has 170 valence electrons. The topological polar surface area (TPSA) is 69.7 Å². The maximum absolute atomic E-state index is 13.4. The number of thioether (sulfide) groups is 1. The second-order valence-corrected chi connectivity index (χ2v) is 9.34. The fourth-order valence-electron chi connectivity index (χ4n) is 3.80. The van der Waals surface area contributed by atoms with Crippen molar-refractivity contribution in [3.05, 3.63) is 64.8 Å². The molecule has 2 aliphatic rings. The maximum Gasteiger partial charge on any atom is 0.267 e. The Balaban J connectivity index is 1.59. The highest BCUT2D eigenvalue weighted by atomic mass is 32.2. The van der Waals surface area contributed by atoms with Crippen LogP contribution in [0.1, 0.15) is 31.7 Å². The van der Waals surface area contributed by atoms with Crippen LogP contribution in [0.25, 0.3) is 5.57 Å². The Morgan fingerprint density at radius 3 is 2.48 bits per heavy atom. The minimum atomic E-state index is -0.432. The molecule has 6 nitrogen and oxygen atoms in total. The largest absolute Gasteiger partial charge is 0.325 e. The molecule has 33 heavy (non-hydrogen) atoms. The first-order valence-corrected chi connectivity index (χ1v) is 11.9. The van der Waals surface area contributed by atoms with Crippen LogP contribution in [-0.2, 0) is 14.4 Å². The van der Waals surface area contributed by atoms with E-state index in [0.29, 0.717) is 32.7 Å². The molecule has 9 heteroatoms. The highest BCUT2D eigenvalue weighted by Gasteiger charge is 2.42. The van der Waals surface area contributed by atoms with Gasteiger partial charge in [-0.1, -0.05) is 61.9 Å². The number of unbranched alkanes of at least 4 members (excludes halogenated alkanes) is 2. The minimum Gasteiger partial charge on any atom is -0.325 e. The van der Waals surface area contributed by atoms with Crippen molar-refractivity contribution in [3.8, 4) is 0 Å². The molecule has 0 spiro atoms. The quantitative estimate of drug-likeness (QED) is 0.355. The highest BCUT2D eigenvalue weighted by molar-refractivity contribution is 8.26. The smallest absolute Gasteiger partial charge is 0.267 e. The van der Waals surface area contributed by atoms with E-state index in [0.717, 1.165) is 31.0 Å². The Kier molecular flexibility index (Phi) is 6.90. The molecule has 2 aromatic rings. The van der Waals surface area contributed by atoms with E-state index < -0.39 is 17.6 Å². The number of amides is 3. The zero-order valence-corrected chi connectivity index (χ0v) is 19.6. The van der Waals surface area contributed by atoms with Crippen molar-refractivity contribution >= 4 is 63.0 Å². The summed E-state index contributed by atoms with van der Waals surface area (Å²) in [5.41, 5.74) is 1.86. The van der Waals surface area contributed by atoms with E-state index in [4.69, 9.17) is 12.2 Å². The van der Waals surface area contributed by atoms with Gasteiger partial charge in [-0.25, -0.2) is 4.39 Å². The molecule has 2 heterocycles. The van der Waals surface area contributed by atoms with Gasteiger partial charge in [0.05, 0.1) is 16.2 Å². The molecule has 0 unspecified atom stereocenters. The highest BCUT2D eigenvalue weighted by Crippen LogP contribution is 2.44. The average molecular weight is 484 g/mol. The number of anilines is 2. The fraction of sp³-hybridized carbons (Fsp3) is 0.250. The van der Waals surface area contributed by atoms with Gasteiger partial charge in [-0.2, -0.15) is 0 Å². The summed E-state index contributed by atoms with van der Waals surface area (Å²) >= 11 is 6.55. The normalized spacial score (nSPS) is 17.7. The Labute approximate surface area is 200 Å². The third-order valence-electron chi connectivity index (χ3n) is 5.41.